The van der Waals surface area contributed by atoms with Crippen molar-refractivity contribution in [2.75, 3.05) is 19.3 Å². The van der Waals surface area contributed by atoms with Gasteiger partial charge in [-0.3, -0.25) is 9.78 Å². The lowest BCUT2D eigenvalue weighted by molar-refractivity contribution is -0.136. The van der Waals surface area contributed by atoms with Gasteiger partial charge in [0.15, 0.2) is 0 Å². The van der Waals surface area contributed by atoms with Crippen LogP contribution in [0.4, 0.5) is 0 Å². The summed E-state index contributed by atoms with van der Waals surface area (Å²) in [6.45, 7) is 2.94. The first-order chi connectivity index (χ1) is 10.3. The normalized spacial score (nSPS) is 17.5. The number of hydrogen-bond donors (Lipinski definition) is 1. The number of piperidine rings is 1. The first-order valence-electron chi connectivity index (χ1n) is 7.40. The van der Waals surface area contributed by atoms with Crippen LogP contribution in [0.5, 0.6) is 0 Å². The molecule has 22 heavy (non-hydrogen) atoms. The molecule has 1 aliphatic heterocycles. The summed E-state index contributed by atoms with van der Waals surface area (Å²) < 4.78 is 24.6. The molecular weight excluding hydrogens is 304 g/mol. The van der Waals surface area contributed by atoms with Crippen LogP contribution >= 0.6 is 0 Å². The zero-order valence-corrected chi connectivity index (χ0v) is 13.8. The van der Waals surface area contributed by atoms with Crippen LogP contribution in [-0.2, 0) is 21.2 Å². The van der Waals surface area contributed by atoms with Gasteiger partial charge in [-0.05, 0) is 43.9 Å². The van der Waals surface area contributed by atoms with Gasteiger partial charge in [0.25, 0.3) is 0 Å². The summed E-state index contributed by atoms with van der Waals surface area (Å²) in [4.78, 5) is 15.3. The molecule has 0 amide bonds. The third kappa shape index (κ3) is 4.51. The summed E-state index contributed by atoms with van der Waals surface area (Å²) in [5.41, 5.74) is 2.81. The van der Waals surface area contributed by atoms with Crippen LogP contribution in [0.15, 0.2) is 12.1 Å². The number of rotatable bonds is 5. The minimum atomic E-state index is -3.12. The fourth-order valence-corrected chi connectivity index (χ4v) is 3.73. The Morgan fingerprint density at radius 1 is 1.36 bits per heavy atom. The third-order valence-corrected chi connectivity index (χ3v) is 5.30. The number of pyridine rings is 1. The fourth-order valence-electron chi connectivity index (χ4n) is 2.86. The molecule has 1 aliphatic rings. The van der Waals surface area contributed by atoms with Crippen LogP contribution in [0.3, 0.4) is 0 Å². The summed E-state index contributed by atoms with van der Waals surface area (Å²) >= 11 is 0. The lowest BCUT2D eigenvalue weighted by atomic mass is 9.92. The van der Waals surface area contributed by atoms with Crippen molar-refractivity contribution in [2.24, 2.45) is 0 Å². The number of aryl methyl sites for hydroxylation is 2. The molecule has 0 aromatic carbocycles. The third-order valence-electron chi connectivity index (χ3n) is 4.00. The predicted molar refractivity (Wildman–Crippen MR) is 83.3 cm³/mol. The summed E-state index contributed by atoms with van der Waals surface area (Å²) in [5, 5.41) is 8.79. The van der Waals surface area contributed by atoms with E-state index in [4.69, 9.17) is 5.11 Å². The van der Waals surface area contributed by atoms with Crippen molar-refractivity contribution in [1.29, 1.82) is 0 Å². The van der Waals surface area contributed by atoms with Gasteiger partial charge in [0.2, 0.25) is 10.0 Å². The minimum absolute atomic E-state index is 0.107. The van der Waals surface area contributed by atoms with Crippen LogP contribution in [0.1, 0.15) is 42.1 Å². The van der Waals surface area contributed by atoms with E-state index in [-0.39, 0.29) is 12.3 Å². The first kappa shape index (κ1) is 16.9. The van der Waals surface area contributed by atoms with Gasteiger partial charge in [0.05, 0.1) is 6.26 Å². The highest BCUT2D eigenvalue weighted by Gasteiger charge is 2.26. The Labute approximate surface area is 131 Å². The Morgan fingerprint density at radius 3 is 2.55 bits per heavy atom. The largest absolute Gasteiger partial charge is 0.481 e. The molecule has 0 aliphatic carbocycles. The van der Waals surface area contributed by atoms with E-state index in [0.717, 1.165) is 29.8 Å². The second-order valence-corrected chi connectivity index (χ2v) is 7.85. The molecule has 2 heterocycles. The minimum Gasteiger partial charge on any atom is -0.481 e. The van der Waals surface area contributed by atoms with E-state index in [1.165, 1.54) is 10.6 Å². The quantitative estimate of drug-likeness (QED) is 0.887. The number of sulfonamides is 1. The Morgan fingerprint density at radius 2 is 2.00 bits per heavy atom. The molecule has 0 radical (unpaired) electrons. The Kier molecular flexibility index (Phi) is 5.18. The van der Waals surface area contributed by atoms with E-state index in [0.29, 0.717) is 19.5 Å². The van der Waals surface area contributed by atoms with Gasteiger partial charge in [0.1, 0.15) is 0 Å². The highest BCUT2D eigenvalue weighted by atomic mass is 32.2. The maximum absolute atomic E-state index is 11.5. The molecular formula is C15H22N2O4S. The van der Waals surface area contributed by atoms with E-state index >= 15 is 0 Å². The lowest BCUT2D eigenvalue weighted by Crippen LogP contribution is -2.37. The van der Waals surface area contributed by atoms with Crippen molar-refractivity contribution in [2.45, 2.75) is 38.5 Å². The SMILES string of the molecule is Cc1cc(CCC(=O)O)cc(C2CCN(S(C)(=O)=O)CC2)n1. The lowest BCUT2D eigenvalue weighted by Gasteiger charge is -2.30. The molecule has 122 valence electrons. The molecule has 7 heteroatoms. The Hall–Kier alpha value is -1.47. The molecule has 0 bridgehead atoms. The zero-order chi connectivity index (χ0) is 16.3. The summed E-state index contributed by atoms with van der Waals surface area (Å²) in [6, 6.07) is 3.88. The van der Waals surface area contributed by atoms with Crippen molar-refractivity contribution < 1.29 is 18.3 Å². The highest BCUT2D eigenvalue weighted by Crippen LogP contribution is 2.28. The average Bonchev–Trinajstić information content (AvgIpc) is 2.44. The standard InChI is InChI=1S/C15H22N2O4S/c1-11-9-12(3-4-15(18)19)10-14(16-11)13-5-7-17(8-6-13)22(2,20)21/h9-10,13H,3-8H2,1-2H3,(H,18,19). The predicted octanol–water partition coefficient (Wildman–Crippen LogP) is 1.55. The van der Waals surface area contributed by atoms with Crippen LogP contribution in [0.25, 0.3) is 0 Å². The van der Waals surface area contributed by atoms with Crippen molar-refractivity contribution in [3.05, 3.63) is 29.1 Å². The van der Waals surface area contributed by atoms with Gasteiger partial charge in [-0.1, -0.05) is 0 Å². The number of carboxylic acids is 1. The van der Waals surface area contributed by atoms with Crippen LogP contribution in [0.2, 0.25) is 0 Å². The molecule has 1 aromatic heterocycles. The number of carbonyl (C=O) groups is 1. The zero-order valence-electron chi connectivity index (χ0n) is 12.9. The molecule has 1 fully saturated rings. The topological polar surface area (TPSA) is 87.6 Å². The summed E-state index contributed by atoms with van der Waals surface area (Å²) in [6.07, 6.45) is 3.34. The monoisotopic (exact) mass is 326 g/mol. The van der Waals surface area contributed by atoms with Gasteiger partial charge in [0, 0.05) is 36.8 Å². The molecule has 1 aromatic rings. The van der Waals surface area contributed by atoms with Crippen molar-refractivity contribution in [3.63, 3.8) is 0 Å². The van der Waals surface area contributed by atoms with Crippen molar-refractivity contribution in [3.8, 4) is 0 Å². The molecule has 0 unspecified atom stereocenters. The summed E-state index contributed by atoms with van der Waals surface area (Å²) in [7, 11) is -3.12. The molecule has 6 nitrogen and oxygen atoms in total. The van der Waals surface area contributed by atoms with Crippen LogP contribution in [-0.4, -0.2) is 48.1 Å². The van der Waals surface area contributed by atoms with E-state index in [2.05, 4.69) is 4.98 Å². The highest BCUT2D eigenvalue weighted by molar-refractivity contribution is 7.88. The maximum Gasteiger partial charge on any atom is 0.303 e. The van der Waals surface area contributed by atoms with E-state index in [9.17, 15) is 13.2 Å². The number of nitrogens with zero attached hydrogens (tertiary/aromatic N) is 2. The van der Waals surface area contributed by atoms with Gasteiger partial charge in [-0.15, -0.1) is 0 Å². The van der Waals surface area contributed by atoms with Gasteiger partial charge in [-0.25, -0.2) is 12.7 Å². The second-order valence-electron chi connectivity index (χ2n) is 5.87. The van der Waals surface area contributed by atoms with E-state index < -0.39 is 16.0 Å². The van der Waals surface area contributed by atoms with Gasteiger partial charge in [-0.2, -0.15) is 0 Å². The smallest absolute Gasteiger partial charge is 0.303 e. The molecule has 2 rings (SSSR count). The van der Waals surface area contributed by atoms with Gasteiger partial charge >= 0.3 is 5.97 Å². The number of hydrogen-bond acceptors (Lipinski definition) is 4. The molecule has 0 spiro atoms. The molecule has 0 saturated carbocycles. The number of aromatic nitrogens is 1. The summed E-state index contributed by atoms with van der Waals surface area (Å²) in [5.74, 6) is -0.570. The van der Waals surface area contributed by atoms with Crippen LogP contribution < -0.4 is 0 Å². The van der Waals surface area contributed by atoms with Crippen LogP contribution in [0, 0.1) is 6.92 Å². The van der Waals surface area contributed by atoms with E-state index in [1.807, 2.05) is 19.1 Å². The Balaban J connectivity index is 2.08. The molecule has 1 N–H and O–H groups in total. The van der Waals surface area contributed by atoms with Gasteiger partial charge < -0.3 is 5.11 Å². The van der Waals surface area contributed by atoms with E-state index in [1.54, 1.807) is 0 Å². The average molecular weight is 326 g/mol. The number of carboxylic acid groups (broad SMARTS) is 1. The van der Waals surface area contributed by atoms with Crippen molar-refractivity contribution >= 4 is 16.0 Å². The fraction of sp³-hybridized carbons (Fsp3) is 0.600. The maximum atomic E-state index is 11.5. The second kappa shape index (κ2) is 6.75. The molecule has 1 saturated heterocycles. The first-order valence-corrected chi connectivity index (χ1v) is 9.25. The molecule has 0 atom stereocenters. The van der Waals surface area contributed by atoms with Crippen molar-refractivity contribution in [1.82, 2.24) is 9.29 Å². The number of aliphatic carboxylic acids is 1. The Bertz CT molecular complexity index is 650.